The minimum Gasteiger partial charge on any atom is -0.494 e. The Kier molecular flexibility index (Phi) is 6.62. The zero-order valence-corrected chi connectivity index (χ0v) is 19.4. The van der Waals surface area contributed by atoms with Gasteiger partial charge in [0.25, 0.3) is 0 Å². The number of aromatic amines is 1. The zero-order chi connectivity index (χ0) is 23.3. The summed E-state index contributed by atoms with van der Waals surface area (Å²) in [6.45, 7) is 3.64. The van der Waals surface area contributed by atoms with E-state index in [-0.39, 0.29) is 12.1 Å². The molecule has 1 aromatic carbocycles. The number of anilines is 3. The van der Waals surface area contributed by atoms with E-state index in [0.717, 1.165) is 61.2 Å². The van der Waals surface area contributed by atoms with Gasteiger partial charge in [0.05, 0.1) is 19.0 Å². The molecule has 34 heavy (non-hydrogen) atoms. The largest absolute Gasteiger partial charge is 0.494 e. The van der Waals surface area contributed by atoms with Crippen LogP contribution >= 0.6 is 0 Å². The van der Waals surface area contributed by atoms with Crippen molar-refractivity contribution in [2.45, 2.75) is 57.7 Å². The predicted octanol–water partition coefficient (Wildman–Crippen LogP) is 4.39. The number of aromatic nitrogens is 5. The van der Waals surface area contributed by atoms with Gasteiger partial charge in [-0.05, 0) is 74.9 Å². The summed E-state index contributed by atoms with van der Waals surface area (Å²) >= 11 is 0. The zero-order valence-electron chi connectivity index (χ0n) is 19.4. The van der Waals surface area contributed by atoms with Crippen LogP contribution in [0, 0.1) is 6.92 Å². The molecule has 0 unspecified atom stereocenters. The molecule has 9 heteroatoms. The van der Waals surface area contributed by atoms with Gasteiger partial charge in [0, 0.05) is 30.7 Å². The molecule has 1 aliphatic carbocycles. The highest BCUT2D eigenvalue weighted by molar-refractivity contribution is 5.84. The lowest BCUT2D eigenvalue weighted by Crippen LogP contribution is -2.28. The first-order chi connectivity index (χ1) is 16.6. The molecular weight excluding hydrogens is 430 g/mol. The molecule has 1 fully saturated rings. The van der Waals surface area contributed by atoms with Crippen molar-refractivity contribution >= 4 is 28.6 Å². The maximum Gasteiger partial charge on any atom is 0.231 e. The van der Waals surface area contributed by atoms with Crippen LogP contribution in [0.25, 0.3) is 11.2 Å². The number of ether oxygens (including phenoxy) is 1. The van der Waals surface area contributed by atoms with Crippen LogP contribution in [0.15, 0.2) is 49.1 Å². The summed E-state index contributed by atoms with van der Waals surface area (Å²) in [6.07, 6.45) is 9.93. The van der Waals surface area contributed by atoms with Gasteiger partial charge in [-0.25, -0.2) is 4.98 Å². The number of imidazole rings is 1. The Balaban J connectivity index is 1.24. The minimum atomic E-state index is -0.194. The van der Waals surface area contributed by atoms with E-state index in [2.05, 4.69) is 42.5 Å². The van der Waals surface area contributed by atoms with Crippen LogP contribution in [0.3, 0.4) is 0 Å². The van der Waals surface area contributed by atoms with Gasteiger partial charge in [-0.2, -0.15) is 9.97 Å². The van der Waals surface area contributed by atoms with E-state index in [0.29, 0.717) is 24.0 Å². The highest BCUT2D eigenvalue weighted by Gasteiger charge is 2.21. The number of nitrogens with zero attached hydrogens (tertiary/aromatic N) is 4. The average molecular weight is 462 g/mol. The minimum absolute atomic E-state index is 0.194. The summed E-state index contributed by atoms with van der Waals surface area (Å²) in [6, 6.07) is 10.3. The van der Waals surface area contributed by atoms with Crippen LogP contribution in [0.2, 0.25) is 0 Å². The topological polar surface area (TPSA) is 113 Å². The number of nitrogens with one attached hydrogen (secondary N) is 3. The van der Waals surface area contributed by atoms with Crippen molar-refractivity contribution in [3.05, 3.63) is 54.6 Å². The molecule has 0 radical (unpaired) electrons. The number of rotatable bonds is 9. The number of hydrogen-bond donors (Lipinski definition) is 4. The number of hydrogen-bond acceptors (Lipinski definition) is 7. The Morgan fingerprint density at radius 1 is 1.15 bits per heavy atom. The first-order valence-electron chi connectivity index (χ1n) is 11.9. The molecule has 0 atom stereocenters. The fourth-order valence-corrected chi connectivity index (χ4v) is 4.35. The van der Waals surface area contributed by atoms with Gasteiger partial charge in [0.15, 0.2) is 11.5 Å². The number of aryl methyl sites for hydroxylation is 2. The smallest absolute Gasteiger partial charge is 0.231 e. The van der Waals surface area contributed by atoms with Crippen LogP contribution in [-0.4, -0.2) is 48.4 Å². The van der Waals surface area contributed by atoms with Crippen LogP contribution in [-0.2, 0) is 6.54 Å². The number of H-pyrrole nitrogens is 1. The second-order valence-electron chi connectivity index (χ2n) is 8.87. The summed E-state index contributed by atoms with van der Waals surface area (Å²) in [5.41, 5.74) is 3.37. The molecule has 4 N–H and O–H groups in total. The van der Waals surface area contributed by atoms with Crippen molar-refractivity contribution in [1.29, 1.82) is 0 Å². The van der Waals surface area contributed by atoms with E-state index in [9.17, 15) is 5.11 Å². The molecule has 0 bridgehead atoms. The van der Waals surface area contributed by atoms with E-state index in [4.69, 9.17) is 9.72 Å². The predicted molar refractivity (Wildman–Crippen MR) is 133 cm³/mol. The van der Waals surface area contributed by atoms with Crippen molar-refractivity contribution < 1.29 is 9.84 Å². The van der Waals surface area contributed by atoms with Gasteiger partial charge in [-0.15, -0.1) is 0 Å². The highest BCUT2D eigenvalue weighted by atomic mass is 16.5. The molecule has 4 aromatic rings. The molecule has 178 valence electrons. The summed E-state index contributed by atoms with van der Waals surface area (Å²) in [5, 5.41) is 16.6. The average Bonchev–Trinajstić information content (AvgIpc) is 3.52. The van der Waals surface area contributed by atoms with Gasteiger partial charge in [-0.1, -0.05) is 0 Å². The van der Waals surface area contributed by atoms with Crippen molar-refractivity contribution in [1.82, 2.24) is 24.5 Å². The van der Waals surface area contributed by atoms with Crippen molar-refractivity contribution in [2.24, 2.45) is 0 Å². The van der Waals surface area contributed by atoms with Gasteiger partial charge in [0.1, 0.15) is 11.3 Å². The number of benzene rings is 1. The lowest BCUT2D eigenvalue weighted by Gasteiger charge is -2.26. The molecule has 3 heterocycles. The monoisotopic (exact) mass is 461 g/mol. The fraction of sp³-hybridized carbons (Fsp3) is 0.400. The second kappa shape index (κ2) is 10.1. The van der Waals surface area contributed by atoms with Crippen LogP contribution in [0.5, 0.6) is 5.75 Å². The number of aliphatic hydroxyl groups is 1. The Labute approximate surface area is 198 Å². The first kappa shape index (κ1) is 22.2. The molecule has 0 aliphatic heterocycles. The second-order valence-corrected chi connectivity index (χ2v) is 8.87. The molecule has 5 rings (SSSR count). The molecule has 0 amide bonds. The van der Waals surface area contributed by atoms with Crippen molar-refractivity contribution in [3.63, 3.8) is 0 Å². The van der Waals surface area contributed by atoms with Gasteiger partial charge in [-0.3, -0.25) is 0 Å². The maximum absolute atomic E-state index is 9.79. The summed E-state index contributed by atoms with van der Waals surface area (Å²) in [7, 11) is 0. The van der Waals surface area contributed by atoms with Crippen LogP contribution in [0.1, 0.15) is 37.7 Å². The molecule has 3 aromatic heterocycles. The first-order valence-corrected chi connectivity index (χ1v) is 11.9. The van der Waals surface area contributed by atoms with Gasteiger partial charge < -0.3 is 30.0 Å². The Hall–Kier alpha value is -3.59. The standard InChI is InChI=1S/C25H31N7O2/c1-17-15-20(34-14-4-13-32-11-2-3-12-32)9-10-21(17)29-25-30-23-22(26-16-27-23)24(31-25)28-18-5-7-19(33)8-6-18/h2-3,9-12,15-16,18-19,33H,4-8,13-14H2,1H3,(H3,26,27,28,29,30,31). The quantitative estimate of drug-likeness (QED) is 0.273. The van der Waals surface area contributed by atoms with Crippen molar-refractivity contribution in [3.8, 4) is 5.75 Å². The van der Waals surface area contributed by atoms with Gasteiger partial charge >= 0.3 is 0 Å². The maximum atomic E-state index is 9.79. The molecule has 1 aliphatic rings. The van der Waals surface area contributed by atoms with E-state index in [1.165, 1.54) is 0 Å². The van der Waals surface area contributed by atoms with Crippen LogP contribution < -0.4 is 15.4 Å². The number of fused-ring (bicyclic) bond motifs is 1. The van der Waals surface area contributed by atoms with Crippen LogP contribution in [0.4, 0.5) is 17.5 Å². The Morgan fingerprint density at radius 2 is 1.97 bits per heavy atom. The van der Waals surface area contributed by atoms with E-state index >= 15 is 0 Å². The lowest BCUT2D eigenvalue weighted by molar-refractivity contribution is 0.126. The molecule has 0 saturated heterocycles. The summed E-state index contributed by atoms with van der Waals surface area (Å²) in [5.74, 6) is 2.05. The highest BCUT2D eigenvalue weighted by Crippen LogP contribution is 2.28. The van der Waals surface area contributed by atoms with E-state index in [1.54, 1.807) is 6.33 Å². The Bertz CT molecular complexity index is 1210. The van der Waals surface area contributed by atoms with E-state index in [1.807, 2.05) is 37.3 Å². The fourth-order valence-electron chi connectivity index (χ4n) is 4.35. The number of aliphatic hydroxyl groups excluding tert-OH is 1. The normalized spacial score (nSPS) is 18.2. The molecular formula is C25H31N7O2. The Morgan fingerprint density at radius 3 is 2.76 bits per heavy atom. The summed E-state index contributed by atoms with van der Waals surface area (Å²) < 4.78 is 8.09. The SMILES string of the molecule is Cc1cc(OCCCn2cccc2)ccc1Nc1nc(NC2CCC(O)CC2)c2nc[nH]c2n1. The third-order valence-electron chi connectivity index (χ3n) is 6.26. The summed E-state index contributed by atoms with van der Waals surface area (Å²) in [4.78, 5) is 16.8. The van der Waals surface area contributed by atoms with Gasteiger partial charge in [0.2, 0.25) is 5.95 Å². The molecule has 9 nitrogen and oxygen atoms in total. The van der Waals surface area contributed by atoms with Crippen molar-refractivity contribution in [2.75, 3.05) is 17.2 Å². The molecule has 1 saturated carbocycles. The third-order valence-corrected chi connectivity index (χ3v) is 6.26. The lowest BCUT2D eigenvalue weighted by atomic mass is 9.93. The molecule has 0 spiro atoms. The van der Waals surface area contributed by atoms with E-state index < -0.39 is 0 Å². The third kappa shape index (κ3) is 5.31.